The predicted molar refractivity (Wildman–Crippen MR) is 97.1 cm³/mol. The van der Waals surface area contributed by atoms with Crippen molar-refractivity contribution in [3.8, 4) is 0 Å². The summed E-state index contributed by atoms with van der Waals surface area (Å²) in [5.74, 6) is 1.77. The third-order valence-electron chi connectivity index (χ3n) is 4.20. The summed E-state index contributed by atoms with van der Waals surface area (Å²) in [5, 5.41) is 6.70. The minimum atomic E-state index is 0.653. The maximum absolute atomic E-state index is 5.44. The van der Waals surface area contributed by atoms with Crippen LogP contribution in [0.15, 0.2) is 10.4 Å². The number of thiazole rings is 1. The minimum absolute atomic E-state index is 0.653. The second kappa shape index (κ2) is 9.88. The lowest BCUT2D eigenvalue weighted by Gasteiger charge is -2.26. The van der Waals surface area contributed by atoms with Gasteiger partial charge in [0.25, 0.3) is 0 Å². The van der Waals surface area contributed by atoms with Crippen LogP contribution in [0.5, 0.6) is 0 Å². The van der Waals surface area contributed by atoms with Gasteiger partial charge < -0.3 is 15.0 Å². The monoisotopic (exact) mass is 338 g/mol. The second-order valence-electron chi connectivity index (χ2n) is 6.02. The largest absolute Gasteiger partial charge is 0.381 e. The Labute approximate surface area is 144 Å². The predicted octanol–water partition coefficient (Wildman–Crippen LogP) is 2.92. The van der Waals surface area contributed by atoms with Crippen LogP contribution in [-0.4, -0.2) is 49.2 Å². The zero-order valence-corrected chi connectivity index (χ0v) is 15.5. The number of hydrogen-bond acceptors (Lipinski definition) is 4. The SMILES string of the molecule is CCNC(=NCc1csc(CC)n1)N(C)CCC1CCOCC1. The number of guanidine groups is 1. The van der Waals surface area contributed by atoms with Crippen molar-refractivity contribution in [3.63, 3.8) is 0 Å². The highest BCUT2D eigenvalue weighted by Gasteiger charge is 2.15. The van der Waals surface area contributed by atoms with Crippen LogP contribution in [0.25, 0.3) is 0 Å². The molecule has 0 amide bonds. The van der Waals surface area contributed by atoms with Crippen LogP contribution >= 0.6 is 11.3 Å². The van der Waals surface area contributed by atoms with Crippen LogP contribution in [0.3, 0.4) is 0 Å². The van der Waals surface area contributed by atoms with E-state index in [1.54, 1.807) is 11.3 Å². The van der Waals surface area contributed by atoms with E-state index in [1.165, 1.54) is 24.3 Å². The number of nitrogens with one attached hydrogen (secondary N) is 1. The lowest BCUT2D eigenvalue weighted by molar-refractivity contribution is 0.0625. The fourth-order valence-electron chi connectivity index (χ4n) is 2.73. The van der Waals surface area contributed by atoms with Gasteiger partial charge in [0.2, 0.25) is 0 Å². The Morgan fingerprint density at radius 1 is 1.43 bits per heavy atom. The highest BCUT2D eigenvalue weighted by molar-refractivity contribution is 7.09. The van der Waals surface area contributed by atoms with E-state index >= 15 is 0 Å². The van der Waals surface area contributed by atoms with E-state index < -0.39 is 0 Å². The third kappa shape index (κ3) is 6.11. The molecule has 1 aliphatic rings. The molecular weight excluding hydrogens is 308 g/mol. The van der Waals surface area contributed by atoms with Gasteiger partial charge in [-0.15, -0.1) is 11.3 Å². The lowest BCUT2D eigenvalue weighted by atomic mass is 9.96. The molecule has 0 spiro atoms. The average Bonchev–Trinajstić information content (AvgIpc) is 3.05. The maximum Gasteiger partial charge on any atom is 0.194 e. The van der Waals surface area contributed by atoms with Crippen LogP contribution in [0, 0.1) is 5.92 Å². The highest BCUT2D eigenvalue weighted by Crippen LogP contribution is 2.18. The summed E-state index contributed by atoms with van der Waals surface area (Å²) < 4.78 is 5.44. The fourth-order valence-corrected chi connectivity index (χ4v) is 3.46. The van der Waals surface area contributed by atoms with Crippen molar-refractivity contribution in [1.82, 2.24) is 15.2 Å². The summed E-state index contributed by atoms with van der Waals surface area (Å²) in [7, 11) is 2.12. The number of aliphatic imine (C=N–C) groups is 1. The molecule has 1 fully saturated rings. The molecule has 0 aliphatic carbocycles. The van der Waals surface area contributed by atoms with Gasteiger partial charge in [0.15, 0.2) is 5.96 Å². The first-order valence-electron chi connectivity index (χ1n) is 8.73. The van der Waals surface area contributed by atoms with Gasteiger partial charge in [0.1, 0.15) is 0 Å². The quantitative estimate of drug-likeness (QED) is 0.613. The smallest absolute Gasteiger partial charge is 0.194 e. The molecule has 1 aromatic rings. The molecule has 0 aromatic carbocycles. The first-order chi connectivity index (χ1) is 11.2. The van der Waals surface area contributed by atoms with Crippen molar-refractivity contribution in [2.45, 2.75) is 46.1 Å². The van der Waals surface area contributed by atoms with Gasteiger partial charge in [-0.2, -0.15) is 0 Å². The molecule has 0 atom stereocenters. The molecule has 0 saturated carbocycles. The van der Waals surface area contributed by atoms with Gasteiger partial charge >= 0.3 is 0 Å². The van der Waals surface area contributed by atoms with Crippen molar-refractivity contribution in [2.24, 2.45) is 10.9 Å². The van der Waals surface area contributed by atoms with E-state index in [2.05, 4.69) is 41.5 Å². The topological polar surface area (TPSA) is 49.8 Å². The first-order valence-corrected chi connectivity index (χ1v) is 9.61. The summed E-state index contributed by atoms with van der Waals surface area (Å²) in [6.45, 7) is 8.67. The lowest BCUT2D eigenvalue weighted by Crippen LogP contribution is -2.40. The summed E-state index contributed by atoms with van der Waals surface area (Å²) >= 11 is 1.73. The number of ether oxygens (including phenoxy) is 1. The van der Waals surface area contributed by atoms with Crippen molar-refractivity contribution in [1.29, 1.82) is 0 Å². The number of hydrogen-bond donors (Lipinski definition) is 1. The number of aromatic nitrogens is 1. The second-order valence-corrected chi connectivity index (χ2v) is 6.96. The van der Waals surface area contributed by atoms with Crippen molar-refractivity contribution >= 4 is 17.3 Å². The van der Waals surface area contributed by atoms with Crippen LogP contribution in [0.4, 0.5) is 0 Å². The molecule has 0 bridgehead atoms. The Hall–Kier alpha value is -1.14. The van der Waals surface area contributed by atoms with Crippen molar-refractivity contribution < 1.29 is 4.74 Å². The van der Waals surface area contributed by atoms with Crippen molar-refractivity contribution in [2.75, 3.05) is 33.4 Å². The molecule has 1 N–H and O–H groups in total. The Morgan fingerprint density at radius 2 is 2.22 bits per heavy atom. The average molecular weight is 339 g/mol. The normalized spacial score (nSPS) is 16.6. The number of aryl methyl sites for hydroxylation is 1. The van der Waals surface area contributed by atoms with Crippen LogP contribution in [0.1, 0.15) is 43.8 Å². The highest BCUT2D eigenvalue weighted by atomic mass is 32.1. The molecule has 1 aliphatic heterocycles. The van der Waals surface area contributed by atoms with Crippen molar-refractivity contribution in [3.05, 3.63) is 16.1 Å². The summed E-state index contributed by atoms with van der Waals surface area (Å²) in [6.07, 6.45) is 4.60. The fraction of sp³-hybridized carbons (Fsp3) is 0.765. The molecule has 23 heavy (non-hydrogen) atoms. The Morgan fingerprint density at radius 3 is 2.87 bits per heavy atom. The molecule has 0 radical (unpaired) electrons. The van der Waals surface area contributed by atoms with E-state index in [0.717, 1.165) is 50.3 Å². The Bertz CT molecular complexity index is 483. The first kappa shape index (κ1) is 18.2. The molecular formula is C17H30N4OS. The van der Waals surface area contributed by atoms with Crippen LogP contribution in [0.2, 0.25) is 0 Å². The minimum Gasteiger partial charge on any atom is -0.381 e. The Kier molecular flexibility index (Phi) is 7.82. The number of nitrogens with zero attached hydrogens (tertiary/aromatic N) is 3. The Balaban J connectivity index is 1.85. The molecule has 5 nitrogen and oxygen atoms in total. The molecule has 2 heterocycles. The van der Waals surface area contributed by atoms with E-state index in [4.69, 9.17) is 9.73 Å². The maximum atomic E-state index is 5.44. The van der Waals surface area contributed by atoms with Gasteiger partial charge in [0, 0.05) is 38.7 Å². The van der Waals surface area contributed by atoms with E-state index in [1.807, 2.05) is 0 Å². The van der Waals surface area contributed by atoms with Crippen LogP contribution in [-0.2, 0) is 17.7 Å². The molecule has 1 aromatic heterocycles. The van der Waals surface area contributed by atoms with E-state index in [9.17, 15) is 0 Å². The van der Waals surface area contributed by atoms with Gasteiger partial charge in [-0.25, -0.2) is 9.98 Å². The molecule has 130 valence electrons. The molecule has 0 unspecified atom stereocenters. The standard InChI is InChI=1S/C17H30N4OS/c1-4-16-20-15(13-23-16)12-19-17(18-5-2)21(3)9-6-14-7-10-22-11-8-14/h13-14H,4-12H2,1-3H3,(H,18,19). The van der Waals surface area contributed by atoms with Gasteiger partial charge in [0.05, 0.1) is 17.2 Å². The molecule has 2 rings (SSSR count). The van der Waals surface area contributed by atoms with Crippen LogP contribution < -0.4 is 5.32 Å². The van der Waals surface area contributed by atoms with Gasteiger partial charge in [-0.3, -0.25) is 0 Å². The number of rotatable bonds is 7. The molecule has 6 heteroatoms. The van der Waals surface area contributed by atoms with Gasteiger partial charge in [-0.05, 0) is 38.5 Å². The van der Waals surface area contributed by atoms with Gasteiger partial charge in [-0.1, -0.05) is 6.92 Å². The summed E-state index contributed by atoms with van der Waals surface area (Å²) in [4.78, 5) is 11.6. The zero-order valence-electron chi connectivity index (χ0n) is 14.7. The zero-order chi connectivity index (χ0) is 16.5. The summed E-state index contributed by atoms with van der Waals surface area (Å²) in [5.41, 5.74) is 1.07. The molecule has 1 saturated heterocycles. The third-order valence-corrected chi connectivity index (χ3v) is 5.24. The van der Waals surface area contributed by atoms with E-state index in [0.29, 0.717) is 6.54 Å². The van der Waals surface area contributed by atoms with E-state index in [-0.39, 0.29) is 0 Å². The summed E-state index contributed by atoms with van der Waals surface area (Å²) in [6, 6.07) is 0.